The van der Waals surface area contributed by atoms with Gasteiger partial charge in [-0.05, 0) is 19.9 Å². The van der Waals surface area contributed by atoms with Crippen LogP contribution < -0.4 is 5.32 Å². The molecule has 0 spiro atoms. The maximum absolute atomic E-state index is 11.7. The minimum Gasteiger partial charge on any atom is -0.467 e. The molecule has 0 bridgehead atoms. The Hall–Kier alpha value is -1.85. The quantitative estimate of drug-likeness (QED) is 0.736. The van der Waals surface area contributed by atoms with Crippen LogP contribution in [0.25, 0.3) is 0 Å². The first-order valence-corrected chi connectivity index (χ1v) is 4.85. The molecular formula is C10H15N3O3. The van der Waals surface area contributed by atoms with Gasteiger partial charge < -0.3 is 10.1 Å². The number of esters is 1. The van der Waals surface area contributed by atoms with Gasteiger partial charge in [-0.2, -0.15) is 5.10 Å². The highest BCUT2D eigenvalue weighted by atomic mass is 16.5. The third kappa shape index (κ3) is 2.59. The number of aryl methyl sites for hydroxylation is 2. The third-order valence-electron chi connectivity index (χ3n) is 2.14. The molecule has 16 heavy (non-hydrogen) atoms. The van der Waals surface area contributed by atoms with E-state index in [1.165, 1.54) is 11.8 Å². The first-order valence-electron chi connectivity index (χ1n) is 4.85. The second kappa shape index (κ2) is 4.78. The maximum Gasteiger partial charge on any atom is 0.328 e. The van der Waals surface area contributed by atoms with Crippen LogP contribution in [0.3, 0.4) is 0 Å². The number of hydrogen-bond donors (Lipinski definition) is 1. The summed E-state index contributed by atoms with van der Waals surface area (Å²) >= 11 is 0. The molecule has 0 saturated carbocycles. The minimum absolute atomic E-state index is 0.346. The van der Waals surface area contributed by atoms with Crippen molar-refractivity contribution in [1.82, 2.24) is 15.1 Å². The summed E-state index contributed by atoms with van der Waals surface area (Å²) in [5.74, 6) is -0.826. The molecule has 0 radical (unpaired) electrons. The van der Waals surface area contributed by atoms with E-state index in [4.69, 9.17) is 0 Å². The van der Waals surface area contributed by atoms with Crippen molar-refractivity contribution in [3.05, 3.63) is 17.5 Å². The number of nitrogens with zero attached hydrogens (tertiary/aromatic N) is 2. The number of methoxy groups -OCH3 is 1. The number of rotatable bonds is 3. The van der Waals surface area contributed by atoms with Gasteiger partial charge in [0.2, 0.25) is 0 Å². The first kappa shape index (κ1) is 12.2. The fourth-order valence-electron chi connectivity index (χ4n) is 1.33. The molecule has 6 heteroatoms. The molecule has 0 aliphatic carbocycles. The zero-order valence-corrected chi connectivity index (χ0v) is 9.77. The Balaban J connectivity index is 2.73. The number of hydrogen-bond acceptors (Lipinski definition) is 4. The van der Waals surface area contributed by atoms with Gasteiger partial charge in [-0.3, -0.25) is 9.48 Å². The Morgan fingerprint density at radius 3 is 2.62 bits per heavy atom. The van der Waals surface area contributed by atoms with E-state index in [2.05, 4.69) is 15.2 Å². The number of nitrogens with one attached hydrogen (secondary N) is 1. The SMILES string of the molecule is COC(=O)C(C)NC(=O)c1cc(C)nn1C. The predicted molar refractivity (Wildman–Crippen MR) is 56.9 cm³/mol. The van der Waals surface area contributed by atoms with E-state index in [0.717, 1.165) is 5.69 Å². The molecule has 0 fully saturated rings. The van der Waals surface area contributed by atoms with Gasteiger partial charge in [0, 0.05) is 7.05 Å². The minimum atomic E-state index is -0.673. The lowest BCUT2D eigenvalue weighted by Gasteiger charge is -2.11. The normalized spacial score (nSPS) is 12.0. The zero-order chi connectivity index (χ0) is 12.3. The lowest BCUT2D eigenvalue weighted by atomic mass is 10.3. The van der Waals surface area contributed by atoms with E-state index in [9.17, 15) is 9.59 Å². The van der Waals surface area contributed by atoms with Crippen molar-refractivity contribution in [3.63, 3.8) is 0 Å². The van der Waals surface area contributed by atoms with Gasteiger partial charge in [0.05, 0.1) is 12.8 Å². The van der Waals surface area contributed by atoms with Gasteiger partial charge in [0.25, 0.3) is 5.91 Å². The molecule has 1 aromatic heterocycles. The Kier molecular flexibility index (Phi) is 3.65. The van der Waals surface area contributed by atoms with Crippen molar-refractivity contribution in [2.45, 2.75) is 19.9 Å². The predicted octanol–water partition coefficient (Wildman–Crippen LogP) is 0.0198. The third-order valence-corrected chi connectivity index (χ3v) is 2.14. The molecule has 1 atom stereocenters. The van der Waals surface area contributed by atoms with Crippen LogP contribution in [0.15, 0.2) is 6.07 Å². The van der Waals surface area contributed by atoms with E-state index in [1.54, 1.807) is 27.0 Å². The zero-order valence-electron chi connectivity index (χ0n) is 9.77. The molecule has 1 unspecified atom stereocenters. The van der Waals surface area contributed by atoms with Gasteiger partial charge in [-0.25, -0.2) is 4.79 Å². The Morgan fingerprint density at radius 2 is 2.19 bits per heavy atom. The second-order valence-electron chi connectivity index (χ2n) is 3.51. The van der Waals surface area contributed by atoms with Crippen molar-refractivity contribution in [2.24, 2.45) is 7.05 Å². The van der Waals surface area contributed by atoms with Crippen LogP contribution in [-0.4, -0.2) is 34.8 Å². The summed E-state index contributed by atoms with van der Waals surface area (Å²) in [6.07, 6.45) is 0. The topological polar surface area (TPSA) is 73.2 Å². The highest BCUT2D eigenvalue weighted by molar-refractivity contribution is 5.95. The monoisotopic (exact) mass is 225 g/mol. The number of amides is 1. The lowest BCUT2D eigenvalue weighted by molar-refractivity contribution is -0.142. The molecule has 1 N–H and O–H groups in total. The number of aromatic nitrogens is 2. The maximum atomic E-state index is 11.7. The highest BCUT2D eigenvalue weighted by Gasteiger charge is 2.19. The van der Waals surface area contributed by atoms with Crippen LogP contribution in [-0.2, 0) is 16.6 Å². The Labute approximate surface area is 93.6 Å². The molecule has 88 valence electrons. The van der Waals surface area contributed by atoms with E-state index in [1.807, 2.05) is 0 Å². The van der Waals surface area contributed by atoms with E-state index < -0.39 is 12.0 Å². The summed E-state index contributed by atoms with van der Waals surface area (Å²) in [7, 11) is 2.95. The number of carbonyl (C=O) groups excluding carboxylic acids is 2. The fraction of sp³-hybridized carbons (Fsp3) is 0.500. The van der Waals surface area contributed by atoms with Crippen LogP contribution in [0.5, 0.6) is 0 Å². The van der Waals surface area contributed by atoms with Gasteiger partial charge in [0.1, 0.15) is 11.7 Å². The molecule has 1 heterocycles. The molecule has 1 aromatic rings. The van der Waals surface area contributed by atoms with Crippen molar-refractivity contribution in [3.8, 4) is 0 Å². The summed E-state index contributed by atoms with van der Waals surface area (Å²) < 4.78 is 5.98. The summed E-state index contributed by atoms with van der Waals surface area (Å²) in [6, 6.07) is 0.979. The van der Waals surface area contributed by atoms with Crippen LogP contribution >= 0.6 is 0 Å². The first-order chi connectivity index (χ1) is 7.45. The number of ether oxygens (including phenoxy) is 1. The molecule has 0 saturated heterocycles. The fourth-order valence-corrected chi connectivity index (χ4v) is 1.33. The van der Waals surface area contributed by atoms with Gasteiger partial charge in [-0.15, -0.1) is 0 Å². The summed E-state index contributed by atoms with van der Waals surface area (Å²) in [5, 5.41) is 6.57. The smallest absolute Gasteiger partial charge is 0.328 e. The van der Waals surface area contributed by atoms with Crippen molar-refractivity contribution in [2.75, 3.05) is 7.11 Å². The largest absolute Gasteiger partial charge is 0.467 e. The van der Waals surface area contributed by atoms with Crippen LogP contribution in [0.1, 0.15) is 23.1 Å². The van der Waals surface area contributed by atoms with Crippen molar-refractivity contribution < 1.29 is 14.3 Å². The molecule has 0 aromatic carbocycles. The molecule has 1 amide bonds. The lowest BCUT2D eigenvalue weighted by Crippen LogP contribution is -2.39. The Morgan fingerprint density at radius 1 is 1.56 bits per heavy atom. The van der Waals surface area contributed by atoms with Crippen molar-refractivity contribution >= 4 is 11.9 Å². The summed E-state index contributed by atoms with van der Waals surface area (Å²) in [6.45, 7) is 3.35. The van der Waals surface area contributed by atoms with E-state index >= 15 is 0 Å². The van der Waals surface area contributed by atoms with Crippen molar-refractivity contribution in [1.29, 1.82) is 0 Å². The molecule has 0 aliphatic heterocycles. The average Bonchev–Trinajstić information content (AvgIpc) is 2.56. The van der Waals surface area contributed by atoms with Crippen LogP contribution in [0, 0.1) is 6.92 Å². The highest BCUT2D eigenvalue weighted by Crippen LogP contribution is 2.02. The van der Waals surface area contributed by atoms with Crippen LogP contribution in [0.2, 0.25) is 0 Å². The standard InChI is InChI=1S/C10H15N3O3/c1-6-5-8(13(3)12-6)9(14)11-7(2)10(15)16-4/h5,7H,1-4H3,(H,11,14). The van der Waals surface area contributed by atoms with E-state index in [0.29, 0.717) is 5.69 Å². The van der Waals surface area contributed by atoms with E-state index in [-0.39, 0.29) is 5.91 Å². The molecular weight excluding hydrogens is 210 g/mol. The van der Waals surface area contributed by atoms with Gasteiger partial charge in [-0.1, -0.05) is 0 Å². The molecule has 6 nitrogen and oxygen atoms in total. The average molecular weight is 225 g/mol. The second-order valence-corrected chi connectivity index (χ2v) is 3.51. The Bertz CT molecular complexity index is 411. The van der Waals surface area contributed by atoms with Crippen LogP contribution in [0.4, 0.5) is 0 Å². The molecule has 0 aliphatic rings. The molecule has 1 rings (SSSR count). The van der Waals surface area contributed by atoms with Gasteiger partial charge >= 0.3 is 5.97 Å². The summed E-state index contributed by atoms with van der Waals surface area (Å²) in [5.41, 5.74) is 1.16. The number of carbonyl (C=O) groups is 2. The van der Waals surface area contributed by atoms with Gasteiger partial charge in [0.15, 0.2) is 0 Å². The summed E-state index contributed by atoms with van der Waals surface area (Å²) in [4.78, 5) is 22.8.